The Bertz CT molecular complexity index is 312. The molecule has 2 unspecified atom stereocenters. The molecule has 5 nitrogen and oxygen atoms in total. The van der Waals surface area contributed by atoms with Gasteiger partial charge in [0.05, 0.1) is 24.9 Å². The Morgan fingerprint density at radius 2 is 2.19 bits per heavy atom. The first-order valence-corrected chi connectivity index (χ1v) is 5.48. The minimum atomic E-state index is -0.432. The van der Waals surface area contributed by atoms with Crippen LogP contribution < -0.4 is 0 Å². The highest BCUT2D eigenvalue weighted by atomic mass is 16.5. The number of hydrogen-bond donors (Lipinski definition) is 2. The molecule has 0 bridgehead atoms. The zero-order valence-corrected chi connectivity index (χ0v) is 10.1. The average molecular weight is 228 g/mol. The van der Waals surface area contributed by atoms with Crippen LogP contribution in [0, 0.1) is 6.92 Å². The summed E-state index contributed by atoms with van der Waals surface area (Å²) in [5.41, 5.74) is 0.837. The molecule has 16 heavy (non-hydrogen) atoms. The summed E-state index contributed by atoms with van der Waals surface area (Å²) in [6, 6.07) is 1.85. The molecule has 0 saturated carbocycles. The standard InChI is InChI=1S/C11H20N2O3/c1-8-4-11(16-12-8)6-13(5-10(3)15)9(2)7-14/h4,9-10,14-15H,5-7H2,1-3H3. The fraction of sp³-hybridized carbons (Fsp3) is 0.727. The van der Waals surface area contributed by atoms with Crippen LogP contribution in [0.4, 0.5) is 0 Å². The molecule has 0 saturated heterocycles. The Labute approximate surface area is 95.7 Å². The minimum absolute atomic E-state index is 0.0139. The van der Waals surface area contributed by atoms with Crippen molar-refractivity contribution in [2.45, 2.75) is 39.5 Å². The lowest BCUT2D eigenvalue weighted by Crippen LogP contribution is -2.39. The topological polar surface area (TPSA) is 69.7 Å². The third-order valence-electron chi connectivity index (χ3n) is 2.42. The van der Waals surface area contributed by atoms with Crippen molar-refractivity contribution in [2.24, 2.45) is 0 Å². The third-order valence-corrected chi connectivity index (χ3v) is 2.42. The van der Waals surface area contributed by atoms with E-state index in [1.807, 2.05) is 24.8 Å². The Morgan fingerprint density at radius 3 is 2.62 bits per heavy atom. The normalized spacial score (nSPS) is 15.4. The average Bonchev–Trinajstić information content (AvgIpc) is 2.61. The molecule has 0 fully saturated rings. The fourth-order valence-corrected chi connectivity index (χ4v) is 1.55. The summed E-state index contributed by atoms with van der Waals surface area (Å²) in [5, 5.41) is 22.3. The summed E-state index contributed by atoms with van der Waals surface area (Å²) < 4.78 is 5.12. The van der Waals surface area contributed by atoms with Gasteiger partial charge in [0.1, 0.15) is 0 Å². The minimum Gasteiger partial charge on any atom is -0.395 e. The van der Waals surface area contributed by atoms with Gasteiger partial charge in [-0.2, -0.15) is 0 Å². The van der Waals surface area contributed by atoms with Gasteiger partial charge in [0.25, 0.3) is 0 Å². The lowest BCUT2D eigenvalue weighted by Gasteiger charge is -2.27. The van der Waals surface area contributed by atoms with Crippen LogP contribution >= 0.6 is 0 Å². The zero-order valence-electron chi connectivity index (χ0n) is 10.1. The molecule has 0 amide bonds. The van der Waals surface area contributed by atoms with Gasteiger partial charge in [-0.05, 0) is 20.8 Å². The molecule has 2 atom stereocenters. The molecule has 92 valence electrons. The Kier molecular flexibility index (Phi) is 4.92. The first-order valence-electron chi connectivity index (χ1n) is 5.48. The van der Waals surface area contributed by atoms with Gasteiger partial charge >= 0.3 is 0 Å². The second-order valence-electron chi connectivity index (χ2n) is 4.24. The van der Waals surface area contributed by atoms with Crippen LogP contribution in [0.1, 0.15) is 25.3 Å². The van der Waals surface area contributed by atoms with E-state index >= 15 is 0 Å². The highest BCUT2D eigenvalue weighted by Gasteiger charge is 2.17. The van der Waals surface area contributed by atoms with Crippen LogP contribution in [0.25, 0.3) is 0 Å². The second-order valence-corrected chi connectivity index (χ2v) is 4.24. The lowest BCUT2D eigenvalue weighted by atomic mass is 10.2. The van der Waals surface area contributed by atoms with Crippen molar-refractivity contribution in [1.29, 1.82) is 0 Å². The summed E-state index contributed by atoms with van der Waals surface area (Å²) in [5.74, 6) is 0.749. The smallest absolute Gasteiger partial charge is 0.150 e. The van der Waals surface area contributed by atoms with E-state index in [2.05, 4.69) is 5.16 Å². The molecular weight excluding hydrogens is 208 g/mol. The molecule has 1 heterocycles. The van der Waals surface area contributed by atoms with E-state index in [4.69, 9.17) is 9.63 Å². The van der Waals surface area contributed by atoms with E-state index in [9.17, 15) is 5.11 Å². The maximum atomic E-state index is 9.38. The van der Waals surface area contributed by atoms with Crippen molar-refractivity contribution >= 4 is 0 Å². The number of aliphatic hydroxyl groups excluding tert-OH is 2. The van der Waals surface area contributed by atoms with Crippen molar-refractivity contribution in [2.75, 3.05) is 13.2 Å². The number of hydrogen-bond acceptors (Lipinski definition) is 5. The molecule has 0 aliphatic rings. The van der Waals surface area contributed by atoms with Crippen LogP contribution in [-0.2, 0) is 6.54 Å². The summed E-state index contributed by atoms with van der Waals surface area (Å²) >= 11 is 0. The van der Waals surface area contributed by atoms with E-state index in [1.54, 1.807) is 6.92 Å². The van der Waals surface area contributed by atoms with Crippen molar-refractivity contribution in [1.82, 2.24) is 10.1 Å². The van der Waals surface area contributed by atoms with E-state index in [0.29, 0.717) is 13.1 Å². The number of rotatable bonds is 6. The highest BCUT2D eigenvalue weighted by molar-refractivity contribution is 5.03. The van der Waals surface area contributed by atoms with E-state index in [1.165, 1.54) is 0 Å². The predicted molar refractivity (Wildman–Crippen MR) is 59.9 cm³/mol. The first-order chi connectivity index (χ1) is 7.52. The van der Waals surface area contributed by atoms with Gasteiger partial charge in [-0.3, -0.25) is 4.90 Å². The largest absolute Gasteiger partial charge is 0.395 e. The molecule has 0 aliphatic carbocycles. The maximum absolute atomic E-state index is 9.38. The lowest BCUT2D eigenvalue weighted by molar-refractivity contribution is 0.0658. The molecular formula is C11H20N2O3. The number of aliphatic hydroxyl groups is 2. The molecule has 0 radical (unpaired) electrons. The third kappa shape index (κ3) is 3.92. The molecule has 0 spiro atoms. The molecule has 1 aromatic heterocycles. The van der Waals surface area contributed by atoms with Crippen molar-refractivity contribution in [3.63, 3.8) is 0 Å². The van der Waals surface area contributed by atoms with Crippen molar-refractivity contribution in [3.8, 4) is 0 Å². The highest BCUT2D eigenvalue weighted by Crippen LogP contribution is 2.10. The summed E-state index contributed by atoms with van der Waals surface area (Å²) in [6.07, 6.45) is -0.432. The van der Waals surface area contributed by atoms with Crippen LogP contribution in [0.5, 0.6) is 0 Å². The Hall–Kier alpha value is -0.910. The van der Waals surface area contributed by atoms with Gasteiger partial charge in [0.2, 0.25) is 0 Å². The van der Waals surface area contributed by atoms with Crippen LogP contribution in [0.3, 0.4) is 0 Å². The van der Waals surface area contributed by atoms with Gasteiger partial charge < -0.3 is 14.7 Å². The van der Waals surface area contributed by atoms with E-state index < -0.39 is 6.10 Å². The Balaban J connectivity index is 2.62. The van der Waals surface area contributed by atoms with Gasteiger partial charge in [0, 0.05) is 18.7 Å². The predicted octanol–water partition coefficient (Wildman–Crippen LogP) is 0.547. The first kappa shape index (κ1) is 13.2. The molecule has 1 aromatic rings. The molecule has 0 aliphatic heterocycles. The summed E-state index contributed by atoms with van der Waals surface area (Å²) in [4.78, 5) is 1.96. The van der Waals surface area contributed by atoms with Crippen LogP contribution in [-0.4, -0.2) is 45.6 Å². The fourth-order valence-electron chi connectivity index (χ4n) is 1.55. The number of nitrogens with zero attached hydrogens (tertiary/aromatic N) is 2. The van der Waals surface area contributed by atoms with Crippen molar-refractivity contribution in [3.05, 3.63) is 17.5 Å². The maximum Gasteiger partial charge on any atom is 0.150 e. The molecule has 1 rings (SSSR count). The number of aryl methyl sites for hydroxylation is 1. The monoisotopic (exact) mass is 228 g/mol. The summed E-state index contributed by atoms with van der Waals surface area (Å²) in [7, 11) is 0. The van der Waals surface area contributed by atoms with Gasteiger partial charge in [-0.25, -0.2) is 0 Å². The SMILES string of the molecule is Cc1cc(CN(CC(C)O)C(C)CO)on1. The Morgan fingerprint density at radius 1 is 1.50 bits per heavy atom. The number of aromatic nitrogens is 1. The molecule has 0 aromatic carbocycles. The second kappa shape index (κ2) is 5.98. The van der Waals surface area contributed by atoms with Crippen LogP contribution in [0.2, 0.25) is 0 Å². The van der Waals surface area contributed by atoms with Gasteiger partial charge in [-0.1, -0.05) is 5.16 Å². The zero-order chi connectivity index (χ0) is 12.1. The van der Waals surface area contributed by atoms with Crippen LogP contribution in [0.15, 0.2) is 10.6 Å². The van der Waals surface area contributed by atoms with Gasteiger partial charge in [-0.15, -0.1) is 0 Å². The van der Waals surface area contributed by atoms with E-state index in [-0.39, 0.29) is 12.6 Å². The summed E-state index contributed by atoms with van der Waals surface area (Å²) in [6.45, 7) is 6.60. The molecule has 2 N–H and O–H groups in total. The quantitative estimate of drug-likeness (QED) is 0.744. The molecule has 5 heteroatoms. The van der Waals surface area contributed by atoms with Crippen molar-refractivity contribution < 1.29 is 14.7 Å². The van der Waals surface area contributed by atoms with E-state index in [0.717, 1.165) is 11.5 Å². The van der Waals surface area contributed by atoms with Gasteiger partial charge in [0.15, 0.2) is 5.76 Å².